The van der Waals surface area contributed by atoms with E-state index in [1.807, 2.05) is 0 Å². The zero-order valence-electron chi connectivity index (χ0n) is 25.3. The lowest BCUT2D eigenvalue weighted by Crippen LogP contribution is -2.10. The molecule has 0 saturated heterocycles. The molecule has 7 aromatic rings. The molecule has 0 spiro atoms. The van der Waals surface area contributed by atoms with Gasteiger partial charge in [0.25, 0.3) is 0 Å². The molecule has 0 fully saturated rings. The summed E-state index contributed by atoms with van der Waals surface area (Å²) in [6.07, 6.45) is 0. The zero-order chi connectivity index (χ0) is 29.2. The smallest absolute Gasteiger partial charge is 0.0787 e. The Bertz CT molecular complexity index is 2000. The summed E-state index contributed by atoms with van der Waals surface area (Å²) in [4.78, 5) is 10.5. The summed E-state index contributed by atoms with van der Waals surface area (Å²) in [6, 6.07) is 39.6. The van der Waals surface area contributed by atoms with Crippen molar-refractivity contribution in [3.05, 3.63) is 120 Å². The van der Waals surface area contributed by atoms with Gasteiger partial charge >= 0.3 is 0 Å². The molecule has 2 heterocycles. The molecule has 42 heavy (non-hydrogen) atoms. The van der Waals surface area contributed by atoms with E-state index in [1.54, 1.807) is 0 Å². The van der Waals surface area contributed by atoms with Crippen molar-refractivity contribution in [1.29, 1.82) is 0 Å². The fraction of sp³-hybridized carbons (Fsp3) is 0.200. The summed E-state index contributed by atoms with van der Waals surface area (Å²) in [7, 11) is 0. The van der Waals surface area contributed by atoms with Crippen LogP contribution in [0.4, 0.5) is 0 Å². The minimum atomic E-state index is 0.0782. The van der Waals surface area contributed by atoms with Crippen LogP contribution < -0.4 is 0 Å². The molecule has 0 radical (unpaired) electrons. The number of hydrogen-bond acceptors (Lipinski definition) is 2. The maximum Gasteiger partial charge on any atom is 0.0787 e. The van der Waals surface area contributed by atoms with Gasteiger partial charge in [0.1, 0.15) is 0 Å². The standard InChI is InChI=1S/C40H36N2/c1-39(2,3)31-18-14-25-10-12-27-16-20-35(41-37(27)33(25)23-31)29-8-7-9-30(22-29)36-21-17-28-13-11-26-15-19-32(40(4,5)6)24-34(26)38(28)42-36/h7-24H,1-6H3. The molecule has 7 rings (SSSR count). The van der Waals surface area contributed by atoms with Crippen LogP contribution in [0.3, 0.4) is 0 Å². The van der Waals surface area contributed by atoms with Crippen LogP contribution in [0.25, 0.3) is 65.9 Å². The molecule has 2 nitrogen and oxygen atoms in total. The van der Waals surface area contributed by atoms with Crippen LogP contribution in [0.15, 0.2) is 109 Å². The predicted octanol–water partition coefficient (Wildman–Crippen LogP) is 11.0. The van der Waals surface area contributed by atoms with Crippen LogP contribution in [-0.2, 0) is 10.8 Å². The summed E-state index contributed by atoms with van der Waals surface area (Å²) in [5.41, 5.74) is 9.02. The third kappa shape index (κ3) is 4.61. The summed E-state index contributed by atoms with van der Waals surface area (Å²) in [5.74, 6) is 0. The van der Waals surface area contributed by atoms with E-state index in [0.29, 0.717) is 0 Å². The Morgan fingerprint density at radius 2 is 0.786 bits per heavy atom. The molecule has 5 aromatic carbocycles. The minimum absolute atomic E-state index is 0.0782. The van der Waals surface area contributed by atoms with Gasteiger partial charge in [0.15, 0.2) is 0 Å². The van der Waals surface area contributed by atoms with Gasteiger partial charge in [-0.25, -0.2) is 9.97 Å². The number of aromatic nitrogens is 2. The normalized spacial score (nSPS) is 12.5. The average Bonchev–Trinajstić information content (AvgIpc) is 2.99. The monoisotopic (exact) mass is 544 g/mol. The highest BCUT2D eigenvalue weighted by atomic mass is 14.7. The molecule has 0 atom stereocenters. The number of nitrogens with zero attached hydrogens (tertiary/aromatic N) is 2. The van der Waals surface area contributed by atoms with Crippen LogP contribution in [0.1, 0.15) is 52.7 Å². The SMILES string of the molecule is CC(C)(C)c1ccc2ccc3ccc(-c4cccc(-c5ccc6ccc7ccc(C(C)(C)C)cc7c6n5)c4)nc3c2c1. The van der Waals surface area contributed by atoms with Gasteiger partial charge < -0.3 is 0 Å². The minimum Gasteiger partial charge on any atom is -0.247 e. The van der Waals surface area contributed by atoms with E-state index >= 15 is 0 Å². The lowest BCUT2D eigenvalue weighted by Gasteiger charge is -2.20. The molecule has 0 aliphatic rings. The van der Waals surface area contributed by atoms with Crippen molar-refractivity contribution in [2.75, 3.05) is 0 Å². The second-order valence-electron chi connectivity index (χ2n) is 13.6. The topological polar surface area (TPSA) is 25.8 Å². The Labute approximate surface area is 248 Å². The van der Waals surface area contributed by atoms with Crippen molar-refractivity contribution < 1.29 is 0 Å². The number of pyridine rings is 2. The van der Waals surface area contributed by atoms with Gasteiger partial charge in [-0.3, -0.25) is 0 Å². The van der Waals surface area contributed by atoms with E-state index in [-0.39, 0.29) is 10.8 Å². The highest BCUT2D eigenvalue weighted by Crippen LogP contribution is 2.34. The molecular weight excluding hydrogens is 508 g/mol. The Balaban J connectivity index is 1.35. The summed E-state index contributed by atoms with van der Waals surface area (Å²) in [6.45, 7) is 13.6. The third-order valence-corrected chi connectivity index (χ3v) is 8.54. The zero-order valence-corrected chi connectivity index (χ0v) is 25.3. The molecule has 2 heteroatoms. The first-order chi connectivity index (χ1) is 20.0. The van der Waals surface area contributed by atoms with Crippen LogP contribution >= 0.6 is 0 Å². The molecule has 0 bridgehead atoms. The Hall–Kier alpha value is -4.56. The van der Waals surface area contributed by atoms with E-state index in [4.69, 9.17) is 9.97 Å². The quantitative estimate of drug-likeness (QED) is 0.202. The van der Waals surface area contributed by atoms with Gasteiger partial charge in [-0.15, -0.1) is 0 Å². The van der Waals surface area contributed by atoms with Gasteiger partial charge in [-0.05, 0) is 63.1 Å². The van der Waals surface area contributed by atoms with Gasteiger partial charge in [0.05, 0.1) is 22.4 Å². The molecule has 2 aromatic heterocycles. The number of rotatable bonds is 2. The Morgan fingerprint density at radius 1 is 0.405 bits per heavy atom. The van der Waals surface area contributed by atoms with Crippen molar-refractivity contribution in [2.45, 2.75) is 52.4 Å². The lowest BCUT2D eigenvalue weighted by molar-refractivity contribution is 0.591. The summed E-state index contributed by atoms with van der Waals surface area (Å²) < 4.78 is 0. The van der Waals surface area contributed by atoms with E-state index in [9.17, 15) is 0 Å². The highest BCUT2D eigenvalue weighted by Gasteiger charge is 2.17. The fourth-order valence-corrected chi connectivity index (χ4v) is 5.91. The van der Waals surface area contributed by atoms with Gasteiger partial charge in [0, 0.05) is 32.7 Å². The summed E-state index contributed by atoms with van der Waals surface area (Å²) in [5, 5.41) is 7.16. The van der Waals surface area contributed by atoms with Crippen molar-refractivity contribution >= 4 is 43.4 Å². The number of fused-ring (bicyclic) bond motifs is 6. The van der Waals surface area contributed by atoms with E-state index in [0.717, 1.165) is 44.3 Å². The van der Waals surface area contributed by atoms with Gasteiger partial charge in [0.2, 0.25) is 0 Å². The lowest BCUT2D eigenvalue weighted by atomic mass is 9.85. The maximum absolute atomic E-state index is 5.23. The van der Waals surface area contributed by atoms with Gasteiger partial charge in [-0.1, -0.05) is 120 Å². The number of hydrogen-bond donors (Lipinski definition) is 0. The van der Waals surface area contributed by atoms with Gasteiger partial charge in [-0.2, -0.15) is 0 Å². The molecular formula is C40H36N2. The molecule has 0 aliphatic heterocycles. The van der Waals surface area contributed by atoms with Crippen molar-refractivity contribution in [3.63, 3.8) is 0 Å². The van der Waals surface area contributed by atoms with Crippen molar-refractivity contribution in [3.8, 4) is 22.5 Å². The first-order valence-electron chi connectivity index (χ1n) is 14.8. The molecule has 0 unspecified atom stereocenters. The fourth-order valence-electron chi connectivity index (χ4n) is 5.91. The van der Waals surface area contributed by atoms with E-state index in [1.165, 1.54) is 32.7 Å². The largest absolute Gasteiger partial charge is 0.247 e. The Morgan fingerprint density at radius 3 is 1.21 bits per heavy atom. The molecule has 0 aliphatic carbocycles. The van der Waals surface area contributed by atoms with Crippen molar-refractivity contribution in [2.24, 2.45) is 0 Å². The molecule has 0 N–H and O–H groups in total. The molecule has 0 amide bonds. The Kier molecular flexibility index (Phi) is 5.95. The van der Waals surface area contributed by atoms with Crippen LogP contribution in [-0.4, -0.2) is 9.97 Å². The van der Waals surface area contributed by atoms with E-state index in [2.05, 4.69) is 151 Å². The maximum atomic E-state index is 5.23. The molecule has 0 saturated carbocycles. The van der Waals surface area contributed by atoms with E-state index < -0.39 is 0 Å². The third-order valence-electron chi connectivity index (χ3n) is 8.54. The molecule has 206 valence electrons. The number of benzene rings is 5. The average molecular weight is 545 g/mol. The predicted molar refractivity (Wildman–Crippen MR) is 180 cm³/mol. The first kappa shape index (κ1) is 26.3. The highest BCUT2D eigenvalue weighted by molar-refractivity contribution is 6.07. The second-order valence-corrected chi connectivity index (χ2v) is 13.6. The summed E-state index contributed by atoms with van der Waals surface area (Å²) >= 11 is 0. The first-order valence-corrected chi connectivity index (χ1v) is 14.8. The van der Waals surface area contributed by atoms with Crippen LogP contribution in [0.5, 0.6) is 0 Å². The van der Waals surface area contributed by atoms with Crippen molar-refractivity contribution in [1.82, 2.24) is 9.97 Å². The van der Waals surface area contributed by atoms with Crippen LogP contribution in [0, 0.1) is 0 Å². The second kappa shape index (κ2) is 9.49. The van der Waals surface area contributed by atoms with Crippen LogP contribution in [0.2, 0.25) is 0 Å².